The van der Waals surface area contributed by atoms with E-state index in [2.05, 4.69) is 4.98 Å². The van der Waals surface area contributed by atoms with E-state index in [0.29, 0.717) is 37.2 Å². The van der Waals surface area contributed by atoms with Crippen LogP contribution in [-0.4, -0.2) is 40.4 Å². The lowest BCUT2D eigenvalue weighted by atomic mass is 9.85. The maximum atomic E-state index is 13.4. The van der Waals surface area contributed by atoms with Crippen molar-refractivity contribution in [3.8, 4) is 5.75 Å². The number of benzene rings is 1. The molecule has 178 valence electrons. The first-order chi connectivity index (χ1) is 15.6. The number of nitrogens with zero attached hydrogens (tertiary/aromatic N) is 2. The van der Waals surface area contributed by atoms with Crippen molar-refractivity contribution in [2.45, 2.75) is 51.0 Å². The molecule has 33 heavy (non-hydrogen) atoms. The van der Waals surface area contributed by atoms with E-state index < -0.39 is 29.7 Å². The summed E-state index contributed by atoms with van der Waals surface area (Å²) in [5.41, 5.74) is 0.785. The summed E-state index contributed by atoms with van der Waals surface area (Å²) in [4.78, 5) is 16.9. The Bertz CT molecular complexity index is 1010. The first-order valence-electron chi connectivity index (χ1n) is 11.1. The molecule has 0 aliphatic carbocycles. The van der Waals surface area contributed by atoms with E-state index in [9.17, 15) is 23.1 Å². The summed E-state index contributed by atoms with van der Waals surface area (Å²) >= 11 is 0. The predicted molar refractivity (Wildman–Crippen MR) is 115 cm³/mol. The first kappa shape index (κ1) is 23.4. The molecule has 1 unspecified atom stereocenters. The van der Waals surface area contributed by atoms with Gasteiger partial charge in [-0.3, -0.25) is 4.79 Å². The van der Waals surface area contributed by atoms with Gasteiger partial charge in [0.1, 0.15) is 17.7 Å². The molecule has 2 aliphatic heterocycles. The highest BCUT2D eigenvalue weighted by Crippen LogP contribution is 2.39. The standard InChI is InChI=1S/C24H27F3N2O4/c1-14(23(31)32)21(30)17-5-4-15-6-7-19(33-20(15)13-17)16-8-11-29(12-9-16)22-18(24(25,26)27)3-2-10-28-22/h2-5,10,13-14,16,19,21,30H,6-9,11-12H2,1H3,(H,31,32)/t14-,19?,21+/m0/s1. The summed E-state index contributed by atoms with van der Waals surface area (Å²) in [5.74, 6) is -1.21. The molecule has 1 aromatic carbocycles. The van der Waals surface area contributed by atoms with Crippen LogP contribution in [-0.2, 0) is 17.4 Å². The van der Waals surface area contributed by atoms with Crippen molar-refractivity contribution in [1.29, 1.82) is 0 Å². The summed E-state index contributed by atoms with van der Waals surface area (Å²) in [5, 5.41) is 19.5. The minimum Gasteiger partial charge on any atom is -0.490 e. The molecule has 0 spiro atoms. The van der Waals surface area contributed by atoms with Crippen LogP contribution in [0.2, 0.25) is 0 Å². The molecule has 0 amide bonds. The lowest BCUT2D eigenvalue weighted by molar-refractivity contribution is -0.145. The molecule has 0 bridgehead atoms. The average molecular weight is 464 g/mol. The topological polar surface area (TPSA) is 82.9 Å². The minimum absolute atomic E-state index is 0.0236. The zero-order chi connectivity index (χ0) is 23.8. The van der Waals surface area contributed by atoms with E-state index in [1.54, 1.807) is 17.0 Å². The quantitative estimate of drug-likeness (QED) is 0.680. The van der Waals surface area contributed by atoms with Gasteiger partial charge in [-0.25, -0.2) is 4.98 Å². The van der Waals surface area contributed by atoms with E-state index >= 15 is 0 Å². The zero-order valence-corrected chi connectivity index (χ0v) is 18.3. The summed E-state index contributed by atoms with van der Waals surface area (Å²) in [6.07, 6.45) is -1.30. The molecular formula is C24H27F3N2O4. The van der Waals surface area contributed by atoms with Crippen molar-refractivity contribution in [3.05, 3.63) is 53.2 Å². The molecule has 2 N–H and O–H groups in total. The molecule has 6 nitrogen and oxygen atoms in total. The van der Waals surface area contributed by atoms with Crippen molar-refractivity contribution in [1.82, 2.24) is 4.98 Å². The SMILES string of the molecule is C[C@H](C(=O)O)[C@@H](O)c1ccc2c(c1)OC(C1CCN(c3ncccc3C(F)(F)F)CC1)CC2. The molecular weight excluding hydrogens is 437 g/mol. The first-order valence-corrected chi connectivity index (χ1v) is 11.1. The highest BCUT2D eigenvalue weighted by Gasteiger charge is 2.38. The minimum atomic E-state index is -4.45. The number of carboxylic acids is 1. The third-order valence-electron chi connectivity index (χ3n) is 6.73. The monoisotopic (exact) mass is 464 g/mol. The zero-order valence-electron chi connectivity index (χ0n) is 18.3. The van der Waals surface area contributed by atoms with Gasteiger partial charge in [0.2, 0.25) is 0 Å². The number of piperidine rings is 1. The van der Waals surface area contributed by atoms with Gasteiger partial charge in [0, 0.05) is 19.3 Å². The van der Waals surface area contributed by atoms with Gasteiger partial charge in [-0.2, -0.15) is 13.2 Å². The lowest BCUT2D eigenvalue weighted by Crippen LogP contribution is -2.41. The Balaban J connectivity index is 1.42. The molecule has 1 fully saturated rings. The molecule has 3 atom stereocenters. The number of carboxylic acid groups (broad SMARTS) is 1. The van der Waals surface area contributed by atoms with Crippen LogP contribution in [0.3, 0.4) is 0 Å². The fourth-order valence-corrected chi connectivity index (χ4v) is 4.70. The van der Waals surface area contributed by atoms with Gasteiger partial charge in [-0.1, -0.05) is 12.1 Å². The van der Waals surface area contributed by atoms with Crippen LogP contribution in [0.4, 0.5) is 19.0 Å². The molecule has 0 saturated carbocycles. The van der Waals surface area contributed by atoms with E-state index in [0.717, 1.165) is 24.5 Å². The van der Waals surface area contributed by atoms with E-state index in [4.69, 9.17) is 9.84 Å². The molecule has 1 saturated heterocycles. The Labute approximate surface area is 190 Å². The third kappa shape index (κ3) is 4.93. The Hall–Kier alpha value is -2.81. The Morgan fingerprint density at radius 2 is 1.94 bits per heavy atom. The highest BCUT2D eigenvalue weighted by molar-refractivity contribution is 5.70. The summed E-state index contributed by atoms with van der Waals surface area (Å²) in [6.45, 7) is 2.38. The van der Waals surface area contributed by atoms with Crippen molar-refractivity contribution in [2.75, 3.05) is 18.0 Å². The molecule has 1 aromatic heterocycles. The van der Waals surface area contributed by atoms with Gasteiger partial charge in [0.15, 0.2) is 0 Å². The van der Waals surface area contributed by atoms with Crippen molar-refractivity contribution in [2.24, 2.45) is 11.8 Å². The number of aryl methyl sites for hydroxylation is 1. The third-order valence-corrected chi connectivity index (χ3v) is 6.73. The van der Waals surface area contributed by atoms with Gasteiger partial charge < -0.3 is 19.8 Å². The lowest BCUT2D eigenvalue weighted by Gasteiger charge is -2.39. The van der Waals surface area contributed by atoms with E-state index in [1.165, 1.54) is 19.2 Å². The second-order valence-corrected chi connectivity index (χ2v) is 8.83. The summed E-state index contributed by atoms with van der Waals surface area (Å²) < 4.78 is 46.3. The van der Waals surface area contributed by atoms with Crippen LogP contribution in [0.5, 0.6) is 5.75 Å². The van der Waals surface area contributed by atoms with Crippen LogP contribution in [0.1, 0.15) is 49.0 Å². The van der Waals surface area contributed by atoms with Crippen LogP contribution in [0, 0.1) is 11.8 Å². The Morgan fingerprint density at radius 3 is 2.61 bits per heavy atom. The second kappa shape index (κ2) is 9.21. The van der Waals surface area contributed by atoms with E-state index in [-0.39, 0.29) is 17.8 Å². The van der Waals surface area contributed by atoms with E-state index in [1.807, 2.05) is 6.07 Å². The maximum Gasteiger partial charge on any atom is 0.419 e. The van der Waals surface area contributed by atoms with Gasteiger partial charge in [-0.05, 0) is 67.9 Å². The molecule has 2 aliphatic rings. The number of pyridine rings is 1. The summed E-state index contributed by atoms with van der Waals surface area (Å²) in [6, 6.07) is 7.67. The number of halogens is 3. The van der Waals surface area contributed by atoms with Gasteiger partial charge >= 0.3 is 12.1 Å². The normalized spacial score (nSPS) is 21.1. The summed E-state index contributed by atoms with van der Waals surface area (Å²) in [7, 11) is 0. The number of alkyl halides is 3. The van der Waals surface area contributed by atoms with Crippen molar-refractivity contribution < 1.29 is 32.9 Å². The number of aliphatic carboxylic acids is 1. The number of hydrogen-bond acceptors (Lipinski definition) is 5. The highest BCUT2D eigenvalue weighted by atomic mass is 19.4. The average Bonchev–Trinajstić information content (AvgIpc) is 2.82. The smallest absolute Gasteiger partial charge is 0.419 e. The Morgan fingerprint density at radius 1 is 1.21 bits per heavy atom. The molecule has 9 heteroatoms. The van der Waals surface area contributed by atoms with Crippen LogP contribution in [0.15, 0.2) is 36.5 Å². The predicted octanol–water partition coefficient (Wildman–Crippen LogP) is 4.46. The number of hydrogen-bond donors (Lipinski definition) is 2. The fraction of sp³-hybridized carbons (Fsp3) is 0.500. The number of anilines is 1. The number of rotatable bonds is 5. The number of aliphatic hydroxyl groups excluding tert-OH is 1. The van der Waals surface area contributed by atoms with Gasteiger partial charge in [0.25, 0.3) is 0 Å². The maximum absolute atomic E-state index is 13.4. The van der Waals surface area contributed by atoms with Crippen molar-refractivity contribution >= 4 is 11.8 Å². The van der Waals surface area contributed by atoms with Gasteiger partial charge in [-0.15, -0.1) is 0 Å². The molecule has 3 heterocycles. The number of aliphatic hydroxyl groups is 1. The van der Waals surface area contributed by atoms with Crippen LogP contribution >= 0.6 is 0 Å². The number of fused-ring (bicyclic) bond motifs is 1. The second-order valence-electron chi connectivity index (χ2n) is 8.83. The number of ether oxygens (including phenoxy) is 1. The molecule has 4 rings (SSSR count). The number of carbonyl (C=O) groups is 1. The largest absolute Gasteiger partial charge is 0.490 e. The fourth-order valence-electron chi connectivity index (χ4n) is 4.70. The Kier molecular flexibility index (Phi) is 6.52. The van der Waals surface area contributed by atoms with Crippen LogP contribution < -0.4 is 9.64 Å². The van der Waals surface area contributed by atoms with Crippen molar-refractivity contribution in [3.63, 3.8) is 0 Å². The van der Waals surface area contributed by atoms with Gasteiger partial charge in [0.05, 0.1) is 17.6 Å². The number of aromatic nitrogens is 1. The van der Waals surface area contributed by atoms with Crippen LogP contribution in [0.25, 0.3) is 0 Å². The molecule has 0 radical (unpaired) electrons. The molecule has 2 aromatic rings.